The quantitative estimate of drug-likeness (QED) is 0.550. The number of fused-ring (bicyclic) bond motifs is 1. The summed E-state index contributed by atoms with van der Waals surface area (Å²) in [5.74, 6) is 0. The van der Waals surface area contributed by atoms with Gasteiger partial charge in [-0.3, -0.25) is 0 Å². The molecule has 0 aliphatic carbocycles. The topological polar surface area (TPSA) is 0 Å². The third kappa shape index (κ3) is 1.90. The van der Waals surface area contributed by atoms with Gasteiger partial charge in [0.05, 0.1) is 4.88 Å². The molecule has 0 radical (unpaired) electrons. The highest BCUT2D eigenvalue weighted by Crippen LogP contribution is 2.38. The Kier molecular flexibility index (Phi) is 3.27. The molecule has 0 fully saturated rings. The lowest BCUT2D eigenvalue weighted by molar-refractivity contribution is 0.155. The zero-order valence-corrected chi connectivity index (χ0v) is 11.9. The minimum absolute atomic E-state index is 0.183. The van der Waals surface area contributed by atoms with Gasteiger partial charge in [-0.2, -0.15) is 0 Å². The minimum atomic E-state index is -2.36. The van der Waals surface area contributed by atoms with Gasteiger partial charge in [0.25, 0.3) is 6.43 Å². The van der Waals surface area contributed by atoms with E-state index >= 15 is 0 Å². The van der Waals surface area contributed by atoms with E-state index in [4.69, 9.17) is 0 Å². The highest BCUT2D eigenvalue weighted by Gasteiger charge is 2.17. The van der Waals surface area contributed by atoms with Gasteiger partial charge in [-0.15, -0.1) is 11.3 Å². The van der Waals surface area contributed by atoms with Gasteiger partial charge in [-0.25, -0.2) is 8.78 Å². The molecule has 0 N–H and O–H groups in total. The molecule has 0 bridgehead atoms. The lowest BCUT2D eigenvalue weighted by Crippen LogP contribution is -1.79. The van der Waals surface area contributed by atoms with Crippen LogP contribution in [0.15, 0.2) is 18.2 Å². The number of hydrogen-bond acceptors (Lipinski definition) is 1. The summed E-state index contributed by atoms with van der Waals surface area (Å²) in [5.41, 5.74) is 0. The maximum absolute atomic E-state index is 12.6. The standard InChI is InChI=1S/C9H4F2I2S/c10-9(11)8-7(13)5-2-1-4(12)3-6(5)14-8/h1-3,9H. The summed E-state index contributed by atoms with van der Waals surface area (Å²) in [6.07, 6.45) is -2.36. The Balaban J connectivity index is 2.73. The van der Waals surface area contributed by atoms with Gasteiger partial charge in [0.15, 0.2) is 0 Å². The van der Waals surface area contributed by atoms with Crippen LogP contribution >= 0.6 is 56.5 Å². The van der Waals surface area contributed by atoms with Crippen molar-refractivity contribution >= 4 is 66.6 Å². The first-order valence-electron chi connectivity index (χ1n) is 3.75. The van der Waals surface area contributed by atoms with Gasteiger partial charge in [-0.05, 0) is 57.3 Å². The summed E-state index contributed by atoms with van der Waals surface area (Å²) in [4.78, 5) is 0.183. The molecule has 0 unspecified atom stereocenters. The van der Waals surface area contributed by atoms with Crippen LogP contribution in [0.1, 0.15) is 11.3 Å². The molecule has 74 valence electrons. The van der Waals surface area contributed by atoms with Crippen molar-refractivity contribution in [2.45, 2.75) is 6.43 Å². The van der Waals surface area contributed by atoms with Gasteiger partial charge in [0.2, 0.25) is 0 Å². The molecule has 0 saturated heterocycles. The van der Waals surface area contributed by atoms with Crippen LogP contribution in [0.5, 0.6) is 0 Å². The zero-order chi connectivity index (χ0) is 10.3. The average molecular weight is 436 g/mol. The number of thiophene rings is 1. The molecular formula is C9H4F2I2S. The molecule has 0 amide bonds. The molecule has 2 rings (SSSR count). The fraction of sp³-hybridized carbons (Fsp3) is 0.111. The number of alkyl halides is 2. The smallest absolute Gasteiger partial charge is 0.204 e. The van der Waals surface area contributed by atoms with Crippen molar-refractivity contribution in [3.05, 3.63) is 30.2 Å². The summed E-state index contributed by atoms with van der Waals surface area (Å²) in [5, 5.41) is 0.936. The number of benzene rings is 1. The second-order valence-corrected chi connectivity index (χ2v) is 6.13. The predicted molar refractivity (Wildman–Crippen MR) is 72.2 cm³/mol. The third-order valence-corrected chi connectivity index (χ3v) is 5.17. The Hall–Kier alpha value is 0.500. The largest absolute Gasteiger partial charge is 0.273 e. The normalized spacial score (nSPS) is 11.5. The molecule has 0 spiro atoms. The molecule has 0 saturated carbocycles. The Morgan fingerprint density at radius 2 is 1.93 bits per heavy atom. The lowest BCUT2D eigenvalue weighted by atomic mass is 10.2. The Labute approximate surface area is 111 Å². The third-order valence-electron chi connectivity index (χ3n) is 1.81. The van der Waals surface area contributed by atoms with E-state index in [1.807, 2.05) is 40.8 Å². The van der Waals surface area contributed by atoms with E-state index in [-0.39, 0.29) is 4.88 Å². The molecule has 1 heterocycles. The first-order chi connectivity index (χ1) is 6.59. The van der Waals surface area contributed by atoms with Crippen LogP contribution < -0.4 is 0 Å². The zero-order valence-electron chi connectivity index (χ0n) is 6.73. The molecule has 0 atom stereocenters. The molecule has 14 heavy (non-hydrogen) atoms. The van der Waals surface area contributed by atoms with E-state index < -0.39 is 6.43 Å². The molecule has 1 aromatic heterocycles. The summed E-state index contributed by atoms with van der Waals surface area (Å²) >= 11 is 5.36. The van der Waals surface area contributed by atoms with Crippen molar-refractivity contribution in [3.63, 3.8) is 0 Å². The highest BCUT2D eigenvalue weighted by atomic mass is 127. The summed E-state index contributed by atoms with van der Waals surface area (Å²) in [7, 11) is 0. The highest BCUT2D eigenvalue weighted by molar-refractivity contribution is 14.1. The van der Waals surface area contributed by atoms with Gasteiger partial charge < -0.3 is 0 Å². The van der Waals surface area contributed by atoms with Crippen LogP contribution in [-0.2, 0) is 0 Å². The monoisotopic (exact) mass is 436 g/mol. The van der Waals surface area contributed by atoms with Gasteiger partial charge >= 0.3 is 0 Å². The molecular weight excluding hydrogens is 432 g/mol. The van der Waals surface area contributed by atoms with Crippen molar-refractivity contribution in [1.82, 2.24) is 0 Å². The van der Waals surface area contributed by atoms with Gasteiger partial charge in [0.1, 0.15) is 0 Å². The van der Waals surface area contributed by atoms with Crippen molar-refractivity contribution in [2.75, 3.05) is 0 Å². The fourth-order valence-corrected chi connectivity index (χ4v) is 4.11. The summed E-state index contributed by atoms with van der Waals surface area (Å²) in [6, 6.07) is 5.78. The van der Waals surface area contributed by atoms with E-state index in [2.05, 4.69) is 22.6 Å². The van der Waals surface area contributed by atoms with E-state index in [0.29, 0.717) is 3.57 Å². The van der Waals surface area contributed by atoms with Crippen LogP contribution in [0, 0.1) is 7.14 Å². The maximum atomic E-state index is 12.6. The number of rotatable bonds is 1. The van der Waals surface area contributed by atoms with E-state index in [9.17, 15) is 8.78 Å². The minimum Gasteiger partial charge on any atom is -0.204 e. The van der Waals surface area contributed by atoms with Crippen LogP contribution in [-0.4, -0.2) is 0 Å². The van der Waals surface area contributed by atoms with E-state index in [0.717, 1.165) is 13.7 Å². The maximum Gasteiger partial charge on any atom is 0.273 e. The number of halogens is 4. The molecule has 2 aromatic rings. The van der Waals surface area contributed by atoms with Crippen molar-refractivity contribution in [3.8, 4) is 0 Å². The van der Waals surface area contributed by atoms with Crippen molar-refractivity contribution in [1.29, 1.82) is 0 Å². The number of hydrogen-bond donors (Lipinski definition) is 0. The summed E-state index contributed by atoms with van der Waals surface area (Å²) in [6.45, 7) is 0. The fourth-order valence-electron chi connectivity index (χ4n) is 1.20. The van der Waals surface area contributed by atoms with Crippen LogP contribution in [0.3, 0.4) is 0 Å². The average Bonchev–Trinajstić information content (AvgIpc) is 2.43. The molecule has 0 aliphatic rings. The molecule has 5 heteroatoms. The second-order valence-electron chi connectivity index (χ2n) is 2.72. The molecule has 1 aromatic carbocycles. The first kappa shape index (κ1) is 11.0. The Morgan fingerprint density at radius 3 is 2.57 bits per heavy atom. The lowest BCUT2D eigenvalue weighted by Gasteiger charge is -1.93. The SMILES string of the molecule is FC(F)c1sc2cc(I)ccc2c1I. The van der Waals surface area contributed by atoms with Gasteiger partial charge in [0, 0.05) is 17.2 Å². The van der Waals surface area contributed by atoms with Crippen LogP contribution in [0.2, 0.25) is 0 Å². The van der Waals surface area contributed by atoms with Crippen LogP contribution in [0.4, 0.5) is 8.78 Å². The van der Waals surface area contributed by atoms with Gasteiger partial charge in [-0.1, -0.05) is 6.07 Å². The van der Waals surface area contributed by atoms with Crippen molar-refractivity contribution < 1.29 is 8.78 Å². The Morgan fingerprint density at radius 1 is 1.21 bits per heavy atom. The van der Waals surface area contributed by atoms with Crippen molar-refractivity contribution in [2.24, 2.45) is 0 Å². The second kappa shape index (κ2) is 4.17. The van der Waals surface area contributed by atoms with E-state index in [1.165, 1.54) is 11.3 Å². The summed E-state index contributed by atoms with van der Waals surface area (Å²) < 4.78 is 27.8. The molecule has 0 nitrogen and oxygen atoms in total. The van der Waals surface area contributed by atoms with E-state index in [1.54, 1.807) is 0 Å². The molecule has 0 aliphatic heterocycles. The first-order valence-corrected chi connectivity index (χ1v) is 6.72. The predicted octanol–water partition coefficient (Wildman–Crippen LogP) is 5.05. The van der Waals surface area contributed by atoms with Crippen LogP contribution in [0.25, 0.3) is 10.1 Å². The Bertz CT molecular complexity index is 479.